The lowest BCUT2D eigenvalue weighted by Gasteiger charge is -2.23. The molecule has 0 bridgehead atoms. The number of carbonyl (C=O) groups is 1. The fraction of sp³-hybridized carbons (Fsp3) is 0.353. The van der Waals surface area contributed by atoms with E-state index in [4.69, 9.17) is 4.74 Å². The number of carbonyl (C=O) groups excluding carboxylic acids is 1. The summed E-state index contributed by atoms with van der Waals surface area (Å²) in [5.41, 5.74) is 2.82. The highest BCUT2D eigenvalue weighted by Gasteiger charge is 2.32. The van der Waals surface area contributed by atoms with Crippen molar-refractivity contribution in [2.75, 3.05) is 12.4 Å². The third-order valence-electron chi connectivity index (χ3n) is 3.61. The molecule has 0 spiro atoms. The standard InChI is InChI=1S/C17H19N3O2S/c1-13-7-19-15(8-18-13)9-20-16(21)12-23-17(20)11-22-10-14-5-3-2-4-6-14/h2-8,17H,9-12H2,1H3. The van der Waals surface area contributed by atoms with Gasteiger partial charge in [0.05, 0.1) is 43.1 Å². The number of rotatable bonds is 6. The van der Waals surface area contributed by atoms with E-state index in [0.29, 0.717) is 25.5 Å². The zero-order valence-corrected chi connectivity index (χ0v) is 13.8. The predicted octanol–water partition coefficient (Wildman–Crippen LogP) is 2.40. The van der Waals surface area contributed by atoms with Crippen LogP contribution in [0.2, 0.25) is 0 Å². The van der Waals surface area contributed by atoms with Crippen molar-refractivity contribution in [3.63, 3.8) is 0 Å². The van der Waals surface area contributed by atoms with Crippen LogP contribution in [0.15, 0.2) is 42.7 Å². The summed E-state index contributed by atoms with van der Waals surface area (Å²) in [6.45, 7) is 3.46. The molecule has 6 heteroatoms. The molecule has 5 nitrogen and oxygen atoms in total. The molecule has 1 aliphatic rings. The molecule has 1 unspecified atom stereocenters. The van der Waals surface area contributed by atoms with Gasteiger partial charge in [-0.1, -0.05) is 30.3 Å². The Bertz CT molecular complexity index is 649. The lowest BCUT2D eigenvalue weighted by atomic mass is 10.2. The van der Waals surface area contributed by atoms with Crippen LogP contribution in [0.1, 0.15) is 17.0 Å². The van der Waals surface area contributed by atoms with Gasteiger partial charge in [-0.15, -0.1) is 11.8 Å². The van der Waals surface area contributed by atoms with Gasteiger partial charge in [-0.2, -0.15) is 0 Å². The van der Waals surface area contributed by atoms with E-state index in [1.807, 2.05) is 42.2 Å². The SMILES string of the molecule is Cc1cnc(CN2C(=O)CSC2COCc2ccccc2)cn1. The van der Waals surface area contributed by atoms with Crippen molar-refractivity contribution in [3.05, 3.63) is 59.7 Å². The van der Waals surface area contributed by atoms with Crippen LogP contribution in [0.5, 0.6) is 0 Å². The third kappa shape index (κ3) is 4.30. The van der Waals surface area contributed by atoms with Gasteiger partial charge in [-0.25, -0.2) is 0 Å². The molecular formula is C17H19N3O2S. The quantitative estimate of drug-likeness (QED) is 0.814. The summed E-state index contributed by atoms with van der Waals surface area (Å²) in [6.07, 6.45) is 3.46. The molecule has 120 valence electrons. The number of thioether (sulfide) groups is 1. The Morgan fingerprint density at radius 1 is 1.26 bits per heavy atom. The van der Waals surface area contributed by atoms with E-state index in [-0.39, 0.29) is 11.3 Å². The summed E-state index contributed by atoms with van der Waals surface area (Å²) in [6, 6.07) is 10.0. The molecule has 1 fully saturated rings. The first kappa shape index (κ1) is 16.0. The Morgan fingerprint density at radius 3 is 2.83 bits per heavy atom. The molecule has 2 heterocycles. The third-order valence-corrected chi connectivity index (χ3v) is 4.79. The maximum atomic E-state index is 12.1. The molecule has 2 aromatic rings. The van der Waals surface area contributed by atoms with Crippen molar-refractivity contribution in [1.29, 1.82) is 0 Å². The average molecular weight is 329 g/mol. The molecule has 0 aliphatic carbocycles. The number of ether oxygens (including phenoxy) is 1. The van der Waals surface area contributed by atoms with Crippen molar-refractivity contribution < 1.29 is 9.53 Å². The van der Waals surface area contributed by atoms with Crippen LogP contribution >= 0.6 is 11.8 Å². The number of nitrogens with zero attached hydrogens (tertiary/aromatic N) is 3. The number of hydrogen-bond acceptors (Lipinski definition) is 5. The van der Waals surface area contributed by atoms with Gasteiger partial charge in [0, 0.05) is 6.20 Å². The van der Waals surface area contributed by atoms with Gasteiger partial charge in [0.15, 0.2) is 0 Å². The number of aryl methyl sites for hydroxylation is 1. The lowest BCUT2D eigenvalue weighted by Crippen LogP contribution is -2.35. The van der Waals surface area contributed by atoms with Crippen molar-refractivity contribution in [3.8, 4) is 0 Å². The summed E-state index contributed by atoms with van der Waals surface area (Å²) < 4.78 is 5.79. The first-order chi connectivity index (χ1) is 11.2. The van der Waals surface area contributed by atoms with Gasteiger partial charge < -0.3 is 9.64 Å². The van der Waals surface area contributed by atoms with Crippen LogP contribution in [0.25, 0.3) is 0 Å². The Labute approximate surface area is 140 Å². The second kappa shape index (κ2) is 7.57. The Balaban J connectivity index is 1.55. The molecule has 0 saturated carbocycles. The summed E-state index contributed by atoms with van der Waals surface area (Å²) in [7, 11) is 0. The summed E-state index contributed by atoms with van der Waals surface area (Å²) >= 11 is 1.62. The van der Waals surface area contributed by atoms with Gasteiger partial charge in [0.2, 0.25) is 5.91 Å². The maximum absolute atomic E-state index is 12.1. The topological polar surface area (TPSA) is 55.3 Å². The highest BCUT2D eigenvalue weighted by molar-refractivity contribution is 8.01. The smallest absolute Gasteiger partial charge is 0.233 e. The van der Waals surface area contributed by atoms with Crippen LogP contribution in [-0.2, 0) is 22.7 Å². The molecule has 23 heavy (non-hydrogen) atoms. The Hall–Kier alpha value is -1.92. The van der Waals surface area contributed by atoms with Crippen LogP contribution in [0.4, 0.5) is 0 Å². The number of amides is 1. The number of benzene rings is 1. The molecule has 0 N–H and O–H groups in total. The second-order valence-electron chi connectivity index (χ2n) is 5.44. The van der Waals surface area contributed by atoms with Crippen molar-refractivity contribution >= 4 is 17.7 Å². The minimum Gasteiger partial charge on any atom is -0.374 e. The molecule has 0 radical (unpaired) electrons. The van der Waals surface area contributed by atoms with Crippen molar-refractivity contribution in [2.45, 2.75) is 25.4 Å². The maximum Gasteiger partial charge on any atom is 0.233 e. The second-order valence-corrected chi connectivity index (χ2v) is 6.60. The molecule has 1 amide bonds. The zero-order chi connectivity index (χ0) is 16.1. The Morgan fingerprint density at radius 2 is 2.09 bits per heavy atom. The predicted molar refractivity (Wildman–Crippen MR) is 89.7 cm³/mol. The fourth-order valence-electron chi connectivity index (χ4n) is 2.36. The van der Waals surface area contributed by atoms with Crippen LogP contribution in [-0.4, -0.2) is 38.5 Å². The van der Waals surface area contributed by atoms with E-state index >= 15 is 0 Å². The van der Waals surface area contributed by atoms with Gasteiger partial charge >= 0.3 is 0 Å². The minimum atomic E-state index is 0.0364. The van der Waals surface area contributed by atoms with Crippen LogP contribution in [0.3, 0.4) is 0 Å². The van der Waals surface area contributed by atoms with E-state index in [2.05, 4.69) is 9.97 Å². The van der Waals surface area contributed by atoms with E-state index in [1.54, 1.807) is 24.2 Å². The van der Waals surface area contributed by atoms with E-state index < -0.39 is 0 Å². The van der Waals surface area contributed by atoms with Gasteiger partial charge in [-0.3, -0.25) is 14.8 Å². The largest absolute Gasteiger partial charge is 0.374 e. The summed E-state index contributed by atoms with van der Waals surface area (Å²) in [5, 5.41) is 0.0364. The summed E-state index contributed by atoms with van der Waals surface area (Å²) in [5.74, 6) is 0.629. The van der Waals surface area contributed by atoms with E-state index in [9.17, 15) is 4.79 Å². The highest BCUT2D eigenvalue weighted by atomic mass is 32.2. The van der Waals surface area contributed by atoms with Crippen molar-refractivity contribution in [1.82, 2.24) is 14.9 Å². The highest BCUT2D eigenvalue weighted by Crippen LogP contribution is 2.26. The summed E-state index contributed by atoms with van der Waals surface area (Å²) in [4.78, 5) is 22.5. The fourth-order valence-corrected chi connectivity index (χ4v) is 3.42. The van der Waals surface area contributed by atoms with Gasteiger partial charge in [0.1, 0.15) is 5.37 Å². The normalized spacial score (nSPS) is 17.7. The first-order valence-electron chi connectivity index (χ1n) is 7.52. The molecule has 1 saturated heterocycles. The van der Waals surface area contributed by atoms with Crippen LogP contribution in [0, 0.1) is 6.92 Å². The zero-order valence-electron chi connectivity index (χ0n) is 13.0. The molecule has 1 atom stereocenters. The average Bonchev–Trinajstić information content (AvgIpc) is 2.91. The van der Waals surface area contributed by atoms with E-state index in [1.165, 1.54) is 0 Å². The molecule has 1 aromatic heterocycles. The lowest BCUT2D eigenvalue weighted by molar-refractivity contribution is -0.129. The monoisotopic (exact) mass is 329 g/mol. The molecular weight excluding hydrogens is 310 g/mol. The van der Waals surface area contributed by atoms with Gasteiger partial charge in [0.25, 0.3) is 0 Å². The minimum absolute atomic E-state index is 0.0364. The first-order valence-corrected chi connectivity index (χ1v) is 8.57. The van der Waals surface area contributed by atoms with Crippen LogP contribution < -0.4 is 0 Å². The molecule has 3 rings (SSSR count). The molecule has 1 aliphatic heterocycles. The van der Waals surface area contributed by atoms with Crippen molar-refractivity contribution in [2.24, 2.45) is 0 Å². The molecule has 1 aromatic carbocycles. The van der Waals surface area contributed by atoms with Gasteiger partial charge in [-0.05, 0) is 12.5 Å². The van der Waals surface area contributed by atoms with E-state index in [0.717, 1.165) is 17.0 Å². The Kier molecular flexibility index (Phi) is 5.25. The number of hydrogen-bond donors (Lipinski definition) is 0. The number of aromatic nitrogens is 2.